The first-order valence-corrected chi connectivity index (χ1v) is 26.9. The minimum absolute atomic E-state index is 1.23. The van der Waals surface area contributed by atoms with Gasteiger partial charge in [-0.05, 0) is 32.1 Å². The quantitative estimate of drug-likeness (QED) is 0.0460. The number of rotatable bonds is 48. The van der Waals surface area contributed by atoms with Gasteiger partial charge in [-0.1, -0.05) is 278 Å². The molecule has 1 heterocycles. The molecule has 2 nitrogen and oxygen atoms in total. The first-order valence-electron chi connectivity index (χ1n) is 26.9. The molecule has 332 valence electrons. The number of hydrogen-bond donors (Lipinski definition) is 0. The second-order valence-corrected chi connectivity index (χ2v) is 18.7. The zero-order valence-corrected chi connectivity index (χ0v) is 39.5. The van der Waals surface area contributed by atoms with Gasteiger partial charge >= 0.3 is 0 Å². The van der Waals surface area contributed by atoms with Crippen molar-refractivity contribution in [1.82, 2.24) is 4.57 Å². The zero-order valence-electron chi connectivity index (χ0n) is 39.5. The third-order valence-corrected chi connectivity index (χ3v) is 13.1. The molecule has 0 aliphatic rings. The summed E-state index contributed by atoms with van der Waals surface area (Å²) in [5.41, 5.74) is 0. The molecule has 2 heteroatoms. The Bertz CT molecular complexity index is 857. The minimum atomic E-state index is 1.23. The van der Waals surface area contributed by atoms with E-state index in [9.17, 15) is 0 Å². The van der Waals surface area contributed by atoms with Crippen LogP contribution in [0.5, 0.6) is 0 Å². The minimum Gasteiger partial charge on any atom is -0.234 e. The van der Waals surface area contributed by atoms with Crippen LogP contribution in [0.1, 0.15) is 316 Å². The van der Waals surface area contributed by atoms with Gasteiger partial charge in [0.2, 0.25) is 0 Å². The van der Waals surface area contributed by atoms with E-state index in [1.807, 2.05) is 0 Å². The maximum absolute atomic E-state index is 2.66. The summed E-state index contributed by atoms with van der Waals surface area (Å²) in [4.78, 5) is 0. The maximum atomic E-state index is 2.66. The van der Waals surface area contributed by atoms with Crippen LogP contribution in [-0.2, 0) is 19.5 Å². The summed E-state index contributed by atoms with van der Waals surface area (Å²) in [6, 6.07) is 0. The fraction of sp³-hybridized carbons (Fsp3) is 0.944. The molecule has 56 heavy (non-hydrogen) atoms. The molecular weight excluding hydrogens is 677 g/mol. The Kier molecular flexibility index (Phi) is 43.1. The molecule has 0 N–H and O–H groups in total. The van der Waals surface area contributed by atoms with Crippen molar-refractivity contribution >= 4 is 0 Å². The number of unbranched alkanes of at least 4 members (excludes halogenated alkanes) is 42. The average Bonchev–Trinajstić information content (AvgIpc) is 3.59. The van der Waals surface area contributed by atoms with Gasteiger partial charge in [0.25, 0.3) is 5.82 Å². The predicted molar refractivity (Wildman–Crippen MR) is 253 cm³/mol. The molecule has 0 saturated heterocycles. The topological polar surface area (TPSA) is 8.81 Å². The van der Waals surface area contributed by atoms with Crippen molar-refractivity contribution in [3.8, 4) is 0 Å². The van der Waals surface area contributed by atoms with E-state index >= 15 is 0 Å². The second kappa shape index (κ2) is 45.3. The van der Waals surface area contributed by atoms with Crippen LogP contribution in [0.3, 0.4) is 0 Å². The van der Waals surface area contributed by atoms with Gasteiger partial charge in [0.15, 0.2) is 0 Å². The van der Waals surface area contributed by atoms with Crippen molar-refractivity contribution in [1.29, 1.82) is 0 Å². The van der Waals surface area contributed by atoms with Crippen LogP contribution in [0.2, 0.25) is 0 Å². The molecule has 0 spiro atoms. The summed E-state index contributed by atoms with van der Waals surface area (Å²) in [7, 11) is 0. The predicted octanol–water partition coefficient (Wildman–Crippen LogP) is 18.9. The highest BCUT2D eigenvalue weighted by Crippen LogP contribution is 2.17. The number of aromatic nitrogens is 2. The van der Waals surface area contributed by atoms with E-state index in [-0.39, 0.29) is 0 Å². The van der Waals surface area contributed by atoms with Gasteiger partial charge in [0.1, 0.15) is 12.4 Å². The average molecular weight is 784 g/mol. The molecule has 1 rings (SSSR count). The first kappa shape index (κ1) is 53.2. The highest BCUT2D eigenvalue weighted by molar-refractivity contribution is 4.84. The van der Waals surface area contributed by atoms with Crippen LogP contribution >= 0.6 is 0 Å². The van der Waals surface area contributed by atoms with Crippen LogP contribution in [-0.4, -0.2) is 4.57 Å². The molecule has 0 fully saturated rings. The van der Waals surface area contributed by atoms with E-state index in [0.29, 0.717) is 0 Å². The fourth-order valence-electron chi connectivity index (χ4n) is 9.15. The summed E-state index contributed by atoms with van der Waals surface area (Å²) in [6.07, 6.45) is 71.3. The van der Waals surface area contributed by atoms with Crippen LogP contribution in [0.15, 0.2) is 12.4 Å². The first-order chi connectivity index (χ1) is 27.8. The molecular formula is C54H107N2+. The SMILES string of the molecule is CCCCCCCCCCCCCCCCCCC[n+]1ccn(CCCCCCCCCCCCCCCC)c1CCCCCCCCCCCCCCCC. The van der Waals surface area contributed by atoms with Gasteiger partial charge in [-0.2, -0.15) is 0 Å². The number of imidazole rings is 1. The molecule has 1 aromatic heterocycles. The Balaban J connectivity index is 2.24. The molecule has 0 aliphatic heterocycles. The van der Waals surface area contributed by atoms with Crippen molar-refractivity contribution < 1.29 is 4.57 Å². The highest BCUT2D eigenvalue weighted by atomic mass is 15.1. The lowest BCUT2D eigenvalue weighted by Gasteiger charge is -2.07. The lowest BCUT2D eigenvalue weighted by molar-refractivity contribution is -0.704. The Morgan fingerprint density at radius 2 is 0.554 bits per heavy atom. The van der Waals surface area contributed by atoms with Gasteiger partial charge in [-0.3, -0.25) is 0 Å². The Labute approximate surface area is 355 Å². The lowest BCUT2D eigenvalue weighted by Crippen LogP contribution is -2.37. The monoisotopic (exact) mass is 784 g/mol. The molecule has 0 amide bonds. The summed E-state index contributed by atoms with van der Waals surface area (Å²) in [5, 5.41) is 0. The van der Waals surface area contributed by atoms with Crippen LogP contribution in [0, 0.1) is 0 Å². The van der Waals surface area contributed by atoms with Gasteiger partial charge in [-0.15, -0.1) is 0 Å². The Hall–Kier alpha value is -0.790. The van der Waals surface area contributed by atoms with Crippen molar-refractivity contribution in [3.05, 3.63) is 18.2 Å². The molecule has 1 aromatic rings. The van der Waals surface area contributed by atoms with E-state index in [4.69, 9.17) is 0 Å². The second-order valence-electron chi connectivity index (χ2n) is 18.7. The molecule has 0 aliphatic carbocycles. The highest BCUT2D eigenvalue weighted by Gasteiger charge is 2.16. The lowest BCUT2D eigenvalue weighted by atomic mass is 10.0. The summed E-state index contributed by atoms with van der Waals surface area (Å²) < 4.78 is 5.33. The van der Waals surface area contributed by atoms with E-state index in [1.54, 1.807) is 5.82 Å². The number of hydrogen-bond acceptors (Lipinski definition) is 0. The smallest absolute Gasteiger partial charge is 0.234 e. The van der Waals surface area contributed by atoms with E-state index in [2.05, 4.69) is 42.3 Å². The molecule has 0 radical (unpaired) electrons. The van der Waals surface area contributed by atoms with Gasteiger partial charge in [0, 0.05) is 6.42 Å². The zero-order chi connectivity index (χ0) is 40.1. The van der Waals surface area contributed by atoms with Gasteiger partial charge in [0.05, 0.1) is 13.1 Å². The van der Waals surface area contributed by atoms with Gasteiger partial charge in [-0.25, -0.2) is 9.13 Å². The van der Waals surface area contributed by atoms with Crippen molar-refractivity contribution in [3.63, 3.8) is 0 Å². The van der Waals surface area contributed by atoms with E-state index in [0.717, 1.165) is 0 Å². The van der Waals surface area contributed by atoms with Gasteiger partial charge < -0.3 is 0 Å². The largest absolute Gasteiger partial charge is 0.256 e. The summed E-state index contributed by atoms with van der Waals surface area (Å²) in [5.74, 6) is 1.63. The maximum Gasteiger partial charge on any atom is 0.256 e. The normalized spacial score (nSPS) is 11.7. The fourth-order valence-corrected chi connectivity index (χ4v) is 9.15. The molecule has 0 unspecified atom stereocenters. The van der Waals surface area contributed by atoms with Crippen LogP contribution < -0.4 is 4.57 Å². The third-order valence-electron chi connectivity index (χ3n) is 13.1. The van der Waals surface area contributed by atoms with Crippen molar-refractivity contribution in [2.75, 3.05) is 0 Å². The molecule has 0 saturated carbocycles. The van der Waals surface area contributed by atoms with E-state index in [1.165, 1.54) is 308 Å². The Morgan fingerprint density at radius 1 is 0.304 bits per heavy atom. The standard InChI is InChI=1S/C54H107N2/c1-4-7-10-13-16-19-22-25-28-29-30-33-36-39-42-45-48-51-56-53-52-55(50-47-44-41-38-35-32-27-24-21-18-15-12-9-6-3)54(56)49-46-43-40-37-34-31-26-23-20-17-14-11-8-5-2/h52-53H,4-51H2,1-3H3/q+1. The molecule has 0 atom stereocenters. The van der Waals surface area contributed by atoms with Crippen LogP contribution in [0.25, 0.3) is 0 Å². The van der Waals surface area contributed by atoms with E-state index < -0.39 is 0 Å². The summed E-state index contributed by atoms with van der Waals surface area (Å²) >= 11 is 0. The molecule has 0 bridgehead atoms. The van der Waals surface area contributed by atoms with Crippen molar-refractivity contribution in [2.45, 2.75) is 329 Å². The number of aryl methyl sites for hydroxylation is 2. The summed E-state index contributed by atoms with van der Waals surface area (Å²) in [6.45, 7) is 9.42. The van der Waals surface area contributed by atoms with Crippen LogP contribution in [0.4, 0.5) is 0 Å². The Morgan fingerprint density at radius 3 is 0.857 bits per heavy atom. The number of nitrogens with zero attached hydrogens (tertiary/aromatic N) is 2. The molecule has 0 aromatic carbocycles. The van der Waals surface area contributed by atoms with Crippen molar-refractivity contribution in [2.24, 2.45) is 0 Å². The third kappa shape index (κ3) is 36.3.